The van der Waals surface area contributed by atoms with Crippen LogP contribution in [0.5, 0.6) is 0 Å². The molecule has 1 aromatic heterocycles. The molecule has 5 nitrogen and oxygen atoms in total. The first-order valence-corrected chi connectivity index (χ1v) is 11.0. The quantitative estimate of drug-likeness (QED) is 0.435. The first-order chi connectivity index (χ1) is 13.9. The van der Waals surface area contributed by atoms with Crippen LogP contribution in [0.2, 0.25) is 5.02 Å². The maximum Gasteiger partial charge on any atom is 0.266 e. The van der Waals surface area contributed by atoms with Crippen LogP contribution in [-0.4, -0.2) is 27.3 Å². The highest BCUT2D eigenvalue weighted by atomic mass is 35.5. The molecule has 29 heavy (non-hydrogen) atoms. The second-order valence-corrected chi connectivity index (χ2v) is 8.28. The summed E-state index contributed by atoms with van der Waals surface area (Å²) in [6.45, 7) is 6.07. The molecule has 0 atom stereocenters. The van der Waals surface area contributed by atoms with Gasteiger partial charge in [-0.25, -0.2) is 4.98 Å². The van der Waals surface area contributed by atoms with E-state index in [1.165, 1.54) is 11.8 Å². The predicted octanol–water partition coefficient (Wildman–Crippen LogP) is 4.74. The Labute approximate surface area is 179 Å². The second-order valence-electron chi connectivity index (χ2n) is 6.91. The largest absolute Gasteiger partial charge is 0.353 e. The van der Waals surface area contributed by atoms with Crippen LogP contribution >= 0.6 is 23.4 Å². The number of fused-ring (bicyclic) bond motifs is 1. The third-order valence-electron chi connectivity index (χ3n) is 4.74. The Balaban J connectivity index is 2.03. The summed E-state index contributed by atoms with van der Waals surface area (Å²) in [4.78, 5) is 30.3. The van der Waals surface area contributed by atoms with Gasteiger partial charge in [0.25, 0.3) is 5.56 Å². The molecule has 0 unspecified atom stereocenters. The van der Waals surface area contributed by atoms with Crippen LogP contribution in [-0.2, 0) is 4.79 Å². The minimum atomic E-state index is -0.180. The zero-order valence-electron chi connectivity index (χ0n) is 16.7. The lowest BCUT2D eigenvalue weighted by Crippen LogP contribution is -2.35. The Morgan fingerprint density at radius 3 is 2.66 bits per heavy atom. The minimum Gasteiger partial charge on any atom is -0.353 e. The number of rotatable bonds is 7. The third-order valence-corrected chi connectivity index (χ3v) is 5.92. The Bertz CT molecular complexity index is 1090. The second kappa shape index (κ2) is 9.46. The molecule has 0 saturated heterocycles. The molecule has 0 radical (unpaired) electrons. The highest BCUT2D eigenvalue weighted by molar-refractivity contribution is 7.99. The number of aryl methyl sites for hydroxylation is 1. The number of nitrogens with zero attached hydrogens (tertiary/aromatic N) is 2. The van der Waals surface area contributed by atoms with Crippen LogP contribution in [0.25, 0.3) is 16.6 Å². The zero-order chi connectivity index (χ0) is 21.0. The topological polar surface area (TPSA) is 64.0 Å². The van der Waals surface area contributed by atoms with Gasteiger partial charge in [0.1, 0.15) is 0 Å². The maximum absolute atomic E-state index is 13.3. The van der Waals surface area contributed by atoms with Crippen molar-refractivity contribution in [2.24, 2.45) is 0 Å². The molecule has 0 fully saturated rings. The van der Waals surface area contributed by atoms with Gasteiger partial charge in [0, 0.05) is 11.1 Å². The van der Waals surface area contributed by atoms with Crippen molar-refractivity contribution in [2.75, 3.05) is 5.75 Å². The molecule has 0 aliphatic rings. The molecule has 0 spiro atoms. The summed E-state index contributed by atoms with van der Waals surface area (Å²) >= 11 is 7.35. The number of amides is 1. The van der Waals surface area contributed by atoms with E-state index in [9.17, 15) is 9.59 Å². The van der Waals surface area contributed by atoms with Crippen LogP contribution in [0.4, 0.5) is 0 Å². The van der Waals surface area contributed by atoms with Crippen molar-refractivity contribution in [1.82, 2.24) is 14.9 Å². The molecule has 1 heterocycles. The fourth-order valence-electron chi connectivity index (χ4n) is 3.12. The SMILES string of the molecule is CCC(CC)NC(=O)CSc1nc2cc(Cl)ccc2c(=O)n1-c1cccc(C)c1. The van der Waals surface area contributed by atoms with Gasteiger partial charge >= 0.3 is 0 Å². The minimum absolute atomic E-state index is 0.0695. The number of hydrogen-bond donors (Lipinski definition) is 1. The summed E-state index contributed by atoms with van der Waals surface area (Å²) in [7, 11) is 0. The van der Waals surface area contributed by atoms with E-state index in [2.05, 4.69) is 10.3 Å². The molecule has 7 heteroatoms. The Hall–Kier alpha value is -2.31. The van der Waals surface area contributed by atoms with Crippen molar-refractivity contribution in [2.45, 2.75) is 44.8 Å². The van der Waals surface area contributed by atoms with Gasteiger partial charge in [0.05, 0.1) is 22.3 Å². The number of benzene rings is 2. The molecule has 1 N–H and O–H groups in total. The molecule has 3 rings (SSSR count). The van der Waals surface area contributed by atoms with E-state index in [-0.39, 0.29) is 23.3 Å². The van der Waals surface area contributed by atoms with Gasteiger partial charge < -0.3 is 5.32 Å². The summed E-state index contributed by atoms with van der Waals surface area (Å²) in [5, 5.41) is 4.49. The Kier molecular flexibility index (Phi) is 6.98. The summed E-state index contributed by atoms with van der Waals surface area (Å²) in [6, 6.07) is 12.9. The van der Waals surface area contributed by atoms with E-state index in [1.807, 2.05) is 45.0 Å². The number of nitrogens with one attached hydrogen (secondary N) is 1. The maximum atomic E-state index is 13.3. The Morgan fingerprint density at radius 1 is 1.21 bits per heavy atom. The molecule has 0 aliphatic heterocycles. The third kappa shape index (κ3) is 5.00. The number of aromatic nitrogens is 2. The van der Waals surface area contributed by atoms with Crippen molar-refractivity contribution < 1.29 is 4.79 Å². The zero-order valence-corrected chi connectivity index (χ0v) is 18.3. The van der Waals surface area contributed by atoms with E-state index in [4.69, 9.17) is 11.6 Å². The molecule has 0 bridgehead atoms. The average Bonchev–Trinajstić information content (AvgIpc) is 2.70. The Morgan fingerprint density at radius 2 is 1.97 bits per heavy atom. The number of carbonyl (C=O) groups excluding carboxylic acids is 1. The number of hydrogen-bond acceptors (Lipinski definition) is 4. The van der Waals surface area contributed by atoms with Crippen molar-refractivity contribution >= 4 is 40.2 Å². The predicted molar refractivity (Wildman–Crippen MR) is 120 cm³/mol. The molecule has 152 valence electrons. The van der Waals surface area contributed by atoms with Gasteiger partial charge in [-0.05, 0) is 55.7 Å². The number of carbonyl (C=O) groups is 1. The molecular formula is C22H24ClN3O2S. The summed E-state index contributed by atoms with van der Waals surface area (Å²) in [6.07, 6.45) is 1.77. The van der Waals surface area contributed by atoms with Gasteiger partial charge in [0.15, 0.2) is 5.16 Å². The summed E-state index contributed by atoms with van der Waals surface area (Å²) in [5.41, 5.74) is 2.10. The molecule has 3 aromatic rings. The van der Waals surface area contributed by atoms with E-state index in [0.29, 0.717) is 21.1 Å². The van der Waals surface area contributed by atoms with E-state index >= 15 is 0 Å². The lowest BCUT2D eigenvalue weighted by atomic mass is 10.2. The van der Waals surface area contributed by atoms with Crippen LogP contribution in [0.1, 0.15) is 32.3 Å². The van der Waals surface area contributed by atoms with Crippen LogP contribution in [0.3, 0.4) is 0 Å². The van der Waals surface area contributed by atoms with E-state index < -0.39 is 0 Å². The summed E-state index contributed by atoms with van der Waals surface area (Å²) < 4.78 is 1.57. The molecule has 0 saturated carbocycles. The van der Waals surface area contributed by atoms with Gasteiger partial charge in [-0.2, -0.15) is 0 Å². The van der Waals surface area contributed by atoms with Crippen molar-refractivity contribution in [3.63, 3.8) is 0 Å². The van der Waals surface area contributed by atoms with E-state index in [1.54, 1.807) is 22.8 Å². The lowest BCUT2D eigenvalue weighted by molar-refractivity contribution is -0.119. The fourth-order valence-corrected chi connectivity index (χ4v) is 4.11. The van der Waals surface area contributed by atoms with Gasteiger partial charge in [-0.15, -0.1) is 0 Å². The van der Waals surface area contributed by atoms with E-state index in [0.717, 1.165) is 24.1 Å². The molecule has 2 aromatic carbocycles. The van der Waals surface area contributed by atoms with Crippen molar-refractivity contribution in [3.05, 3.63) is 63.4 Å². The first kappa shape index (κ1) is 21.4. The lowest BCUT2D eigenvalue weighted by Gasteiger charge is -2.16. The molecular weight excluding hydrogens is 406 g/mol. The highest BCUT2D eigenvalue weighted by Gasteiger charge is 2.16. The highest BCUT2D eigenvalue weighted by Crippen LogP contribution is 2.23. The fraction of sp³-hybridized carbons (Fsp3) is 0.318. The summed E-state index contributed by atoms with van der Waals surface area (Å²) in [5.74, 6) is 0.112. The van der Waals surface area contributed by atoms with Crippen molar-refractivity contribution in [1.29, 1.82) is 0 Å². The normalized spacial score (nSPS) is 11.2. The standard InChI is InChI=1S/C22H24ClN3O2S/c1-4-16(5-2)24-20(27)13-29-22-25-19-12-15(23)9-10-18(19)21(28)26(22)17-8-6-7-14(3)11-17/h6-12,16H,4-5,13H2,1-3H3,(H,24,27). The monoisotopic (exact) mass is 429 g/mol. The van der Waals surface area contributed by atoms with Gasteiger partial charge in [-0.3, -0.25) is 14.2 Å². The van der Waals surface area contributed by atoms with Gasteiger partial charge in [0.2, 0.25) is 5.91 Å². The first-order valence-electron chi connectivity index (χ1n) is 9.64. The molecule has 0 aliphatic carbocycles. The van der Waals surface area contributed by atoms with Crippen LogP contribution < -0.4 is 10.9 Å². The number of thioether (sulfide) groups is 1. The average molecular weight is 430 g/mol. The van der Waals surface area contributed by atoms with Crippen molar-refractivity contribution in [3.8, 4) is 5.69 Å². The van der Waals surface area contributed by atoms with Crippen LogP contribution in [0.15, 0.2) is 52.4 Å². The number of halogens is 1. The van der Waals surface area contributed by atoms with Gasteiger partial charge in [-0.1, -0.05) is 49.3 Å². The van der Waals surface area contributed by atoms with Crippen LogP contribution in [0, 0.1) is 6.92 Å². The smallest absolute Gasteiger partial charge is 0.266 e. The molecule has 1 amide bonds.